The average Bonchev–Trinajstić information content (AvgIpc) is 0.768. The SMILES string of the molecule is CN[C@H](CC(C)C)C(=O)N[C@H]1C(=O)NC(CC(N)=O)C(=O)N[C@H]2C(=O)N[C@H]3C(=O)N[C@H](C(=O)N[C@@H](C(=O)O)c4cc(O)cc(O)c4-c4cc3ccc4O)[C@H](O)c3ccc(c(Cl)c3)Oc3cc2cc(c3O[C@@H]2O[C@H](CO)[C@@H](O)[C@H](O)[C@H]2O[C@H]2C[C@](C)(NCCN)[C@H](O)[C@H](C)O2)Oc2ccc(cc2Cl)[C@H]1O. The molecule has 11 bridgehead atoms. The lowest BCUT2D eigenvalue weighted by Crippen LogP contribution is -2.65. The van der Waals surface area contributed by atoms with Crippen molar-refractivity contribution in [2.75, 3.05) is 26.7 Å². The van der Waals surface area contributed by atoms with Crippen LogP contribution in [0.25, 0.3) is 11.1 Å². The minimum absolute atomic E-state index is 0.0993. The fraction of sp³-hybridized carbons (Fsp3) is 0.441. The molecule has 0 aliphatic carbocycles. The van der Waals surface area contributed by atoms with Gasteiger partial charge in [0.15, 0.2) is 29.9 Å². The maximum atomic E-state index is 16.1. The highest BCUT2D eigenvalue weighted by molar-refractivity contribution is 6.32. The standard InChI is InChI=1S/C68H80Cl2N10O24/c1-25(2)14-36(73-5)60(91)79-51-53(86)28-7-10-40(34(69)16-28)100-42-18-30-19-43(57(42)104-67-58(56(89)55(88)44(24-81)102-67)103-46-23-68(4,74-13-12-71)59(90)26(3)99-46)101-41-11-8-29(17-35(41)70)54(87)52-65(96)78-50(66(97)98)33-20-31(82)21-39(84)47(33)32-15-27(6-9-38(32)83)48(62(93)80-52)77-63(94)49(30)76-61(92)37(22-45(72)85)75-64(51)95/h6-11,15-21,25-26,36-37,44,46,48-56,58-59,67,73-74,81-84,86-90H,12-14,22-24,71H2,1-5H3,(H2,72,85)(H,75,95)(H,76,92)(H,77,94)(H,78,96)(H,79,91)(H,80,93)(H,97,98)/t26-,36+,37?,44+,46-,48+,49+,50+,51+,52-,53+,54+,55+,56-,58+,59+,67-,68-/m0/s1. The number of hydrogen-bond acceptors (Lipinski definition) is 26. The van der Waals surface area contributed by atoms with Crippen LogP contribution in [-0.2, 0) is 52.6 Å². The first kappa shape index (κ1) is 77.4. The van der Waals surface area contributed by atoms with E-state index in [9.17, 15) is 75.0 Å². The molecule has 36 heteroatoms. The molecule has 0 spiro atoms. The second-order valence-corrected chi connectivity index (χ2v) is 27.2. The Hall–Kier alpha value is -9.24. The number of phenols is 3. The molecule has 7 aliphatic rings. The van der Waals surface area contributed by atoms with E-state index in [2.05, 4.69) is 42.5 Å². The second kappa shape index (κ2) is 32.0. The highest BCUT2D eigenvalue weighted by atomic mass is 35.5. The van der Waals surface area contributed by atoms with E-state index in [4.69, 9.17) is 63.1 Å². The molecule has 5 aromatic carbocycles. The third kappa shape index (κ3) is 16.5. The summed E-state index contributed by atoms with van der Waals surface area (Å²) in [5.41, 5.74) is 7.58. The first-order valence-electron chi connectivity index (χ1n) is 32.8. The molecule has 7 heterocycles. The fourth-order valence-corrected chi connectivity index (χ4v) is 13.5. The van der Waals surface area contributed by atoms with Crippen molar-refractivity contribution in [3.63, 3.8) is 0 Å². The number of nitrogens with two attached hydrogens (primary N) is 2. The van der Waals surface area contributed by atoms with E-state index in [1.54, 1.807) is 13.8 Å². The molecule has 104 heavy (non-hydrogen) atoms. The van der Waals surface area contributed by atoms with E-state index in [0.29, 0.717) is 0 Å². The van der Waals surface area contributed by atoms with E-state index >= 15 is 14.4 Å². The number of aromatic hydroxyl groups is 3. The Morgan fingerprint density at radius 2 is 1.34 bits per heavy atom. The number of phenolic OH excluding ortho intramolecular Hbond substituents is 3. The number of halogens is 2. The number of carboxylic acids is 1. The summed E-state index contributed by atoms with van der Waals surface area (Å²) in [6.07, 6.45) is -18.3. The first-order chi connectivity index (χ1) is 49.2. The number of primary amides is 1. The number of carboxylic acid groups (broad SMARTS) is 1. The molecule has 0 aromatic heterocycles. The van der Waals surface area contributed by atoms with E-state index in [1.165, 1.54) is 19.2 Å². The Bertz CT molecular complexity index is 4140. The highest BCUT2D eigenvalue weighted by Crippen LogP contribution is 2.50. The molecule has 12 rings (SSSR count). The van der Waals surface area contributed by atoms with Crippen molar-refractivity contribution >= 4 is 70.5 Å². The fourth-order valence-electron chi connectivity index (χ4n) is 13.0. The molecule has 2 saturated heterocycles. The van der Waals surface area contributed by atoms with Crippen molar-refractivity contribution in [3.05, 3.63) is 117 Å². The molecule has 0 saturated carbocycles. The predicted molar refractivity (Wildman–Crippen MR) is 362 cm³/mol. The minimum Gasteiger partial charge on any atom is -0.508 e. The van der Waals surface area contributed by atoms with E-state index in [-0.39, 0.29) is 59.3 Å². The van der Waals surface area contributed by atoms with E-state index < -0.39 is 237 Å². The van der Waals surface area contributed by atoms with Crippen LogP contribution in [0, 0.1) is 5.92 Å². The Morgan fingerprint density at radius 3 is 1.93 bits per heavy atom. The third-order valence-electron chi connectivity index (χ3n) is 18.4. The molecule has 0 radical (unpaired) electrons. The summed E-state index contributed by atoms with van der Waals surface area (Å²) in [4.78, 5) is 117. The van der Waals surface area contributed by atoms with Crippen molar-refractivity contribution in [2.45, 2.75) is 156 Å². The van der Waals surface area contributed by atoms with Gasteiger partial charge in [-0.1, -0.05) is 55.2 Å². The van der Waals surface area contributed by atoms with Gasteiger partial charge in [0.1, 0.15) is 89.5 Å². The van der Waals surface area contributed by atoms with Crippen LogP contribution in [0.2, 0.25) is 10.0 Å². The molecule has 22 N–H and O–H groups in total. The number of benzene rings is 5. The smallest absolute Gasteiger partial charge is 0.330 e. The first-order valence-corrected chi connectivity index (χ1v) is 33.6. The van der Waals surface area contributed by atoms with Crippen LogP contribution >= 0.6 is 23.2 Å². The molecule has 18 atom stereocenters. The summed E-state index contributed by atoms with van der Waals surface area (Å²) < 4.78 is 38.8. The number of aliphatic carboxylic acids is 1. The second-order valence-electron chi connectivity index (χ2n) is 26.3. The number of aliphatic hydroxyl groups is 6. The summed E-state index contributed by atoms with van der Waals surface area (Å²) in [6.45, 7) is 6.25. The maximum Gasteiger partial charge on any atom is 0.330 e. The zero-order valence-electron chi connectivity index (χ0n) is 56.2. The number of ether oxygens (including phenoxy) is 6. The molecule has 560 valence electrons. The normalized spacial score (nSPS) is 28.9. The summed E-state index contributed by atoms with van der Waals surface area (Å²) in [6, 6.07) is -0.636. The summed E-state index contributed by atoms with van der Waals surface area (Å²) in [7, 11) is 1.47. The number of likely N-dealkylation sites (N-methyl/N-ethyl adjacent to an activating group) is 1. The van der Waals surface area contributed by atoms with Crippen molar-refractivity contribution < 1.29 is 118 Å². The van der Waals surface area contributed by atoms with Gasteiger partial charge in [0.05, 0.1) is 41.3 Å². The van der Waals surface area contributed by atoms with Gasteiger partial charge in [0, 0.05) is 47.8 Å². The summed E-state index contributed by atoms with van der Waals surface area (Å²) >= 11 is 14.2. The Balaban J connectivity index is 1.24. The molecule has 7 amide bonds. The van der Waals surface area contributed by atoms with Gasteiger partial charge in [-0.2, -0.15) is 0 Å². The van der Waals surface area contributed by atoms with Gasteiger partial charge in [-0.3, -0.25) is 33.6 Å². The van der Waals surface area contributed by atoms with Crippen molar-refractivity contribution in [3.8, 4) is 57.1 Å². The highest BCUT2D eigenvalue weighted by Gasteiger charge is 2.52. The molecule has 34 nitrogen and oxygen atoms in total. The largest absolute Gasteiger partial charge is 0.508 e. The van der Waals surface area contributed by atoms with Gasteiger partial charge in [-0.25, -0.2) is 4.79 Å². The Kier molecular flexibility index (Phi) is 23.8. The number of nitrogens with one attached hydrogen (secondary N) is 8. The topological polar surface area (TPSA) is 543 Å². The van der Waals surface area contributed by atoms with Crippen LogP contribution in [0.5, 0.6) is 46.0 Å². The zero-order valence-corrected chi connectivity index (χ0v) is 57.8. The number of rotatable bonds is 16. The number of carbonyl (C=O) groups excluding carboxylic acids is 7. The van der Waals surface area contributed by atoms with E-state index in [1.807, 2.05) is 13.8 Å². The monoisotopic (exact) mass is 1490 g/mol. The average molecular weight is 1490 g/mol. The molecule has 2 fully saturated rings. The molecule has 7 aliphatic heterocycles. The van der Waals surface area contributed by atoms with Crippen molar-refractivity contribution in [1.29, 1.82) is 0 Å². The number of aliphatic hydroxyl groups excluding tert-OH is 6. The van der Waals surface area contributed by atoms with Crippen LogP contribution < -0.4 is 68.2 Å². The summed E-state index contributed by atoms with van der Waals surface area (Å²) in [5, 5.41) is 135. The lowest BCUT2D eigenvalue weighted by molar-refractivity contribution is -0.334. The van der Waals surface area contributed by atoms with Crippen LogP contribution in [0.15, 0.2) is 78.9 Å². The van der Waals surface area contributed by atoms with Crippen molar-refractivity contribution in [2.24, 2.45) is 17.4 Å². The maximum absolute atomic E-state index is 16.1. The van der Waals surface area contributed by atoms with Crippen LogP contribution in [0.4, 0.5) is 0 Å². The number of amides is 7. The predicted octanol–water partition coefficient (Wildman–Crippen LogP) is -0.304. The summed E-state index contributed by atoms with van der Waals surface area (Å²) in [5.74, 6) is -16.0. The van der Waals surface area contributed by atoms with Gasteiger partial charge in [-0.05, 0) is 110 Å². The van der Waals surface area contributed by atoms with Gasteiger partial charge in [0.2, 0.25) is 53.4 Å². The van der Waals surface area contributed by atoms with Gasteiger partial charge < -0.3 is 133 Å². The quantitative estimate of drug-likeness (QED) is 0.0603. The van der Waals surface area contributed by atoms with Gasteiger partial charge >= 0.3 is 5.97 Å². The zero-order chi connectivity index (χ0) is 75.7. The van der Waals surface area contributed by atoms with Gasteiger partial charge in [0.25, 0.3) is 0 Å². The van der Waals surface area contributed by atoms with Gasteiger partial charge in [-0.15, -0.1) is 0 Å². The lowest BCUT2D eigenvalue weighted by atomic mass is 9.85. The molecular formula is C68H80Cl2N10O24. The molecular weight excluding hydrogens is 1410 g/mol. The number of hydrogen-bond donors (Lipinski definition) is 20. The molecule has 5 aromatic rings. The lowest BCUT2D eigenvalue weighted by Gasteiger charge is -2.48. The Morgan fingerprint density at radius 1 is 0.721 bits per heavy atom. The minimum atomic E-state index is -2.35. The molecule has 1 unspecified atom stereocenters. The number of fused-ring (bicyclic) bond motifs is 15. The Labute approximate surface area is 602 Å². The van der Waals surface area contributed by atoms with Crippen LogP contribution in [-0.4, -0.2) is 204 Å². The van der Waals surface area contributed by atoms with E-state index in [0.717, 1.165) is 66.7 Å². The van der Waals surface area contributed by atoms with Crippen molar-refractivity contribution in [1.82, 2.24) is 42.5 Å². The third-order valence-corrected chi connectivity index (χ3v) is 19.0. The van der Waals surface area contributed by atoms with Crippen LogP contribution in [0.3, 0.4) is 0 Å². The number of carbonyl (C=O) groups is 8. The van der Waals surface area contributed by atoms with Crippen LogP contribution in [0.1, 0.15) is 105 Å².